The van der Waals surface area contributed by atoms with Crippen LogP contribution in [-0.4, -0.2) is 70.9 Å². The lowest BCUT2D eigenvalue weighted by Gasteiger charge is -2.42. The Balaban J connectivity index is 1.31. The van der Waals surface area contributed by atoms with Gasteiger partial charge in [-0.05, 0) is 56.5 Å². The van der Waals surface area contributed by atoms with Gasteiger partial charge in [0.2, 0.25) is 5.88 Å². The van der Waals surface area contributed by atoms with Crippen LogP contribution >= 0.6 is 23.8 Å². The summed E-state index contributed by atoms with van der Waals surface area (Å²) in [5.41, 5.74) is 0.558. The van der Waals surface area contributed by atoms with Crippen LogP contribution in [-0.2, 0) is 9.53 Å². The molecule has 11 heteroatoms. The van der Waals surface area contributed by atoms with Gasteiger partial charge in [0.15, 0.2) is 10.8 Å². The van der Waals surface area contributed by atoms with Gasteiger partial charge in [0.25, 0.3) is 5.91 Å². The summed E-state index contributed by atoms with van der Waals surface area (Å²) in [7, 11) is 1.72. The summed E-state index contributed by atoms with van der Waals surface area (Å²) < 4.78 is 11.3. The van der Waals surface area contributed by atoms with Crippen LogP contribution in [0.15, 0.2) is 30.6 Å². The van der Waals surface area contributed by atoms with E-state index in [1.165, 1.54) is 11.1 Å². The van der Waals surface area contributed by atoms with Crippen molar-refractivity contribution >= 4 is 46.2 Å². The van der Waals surface area contributed by atoms with Gasteiger partial charge in [-0.15, -0.1) is 0 Å². The normalized spacial score (nSPS) is 20.0. The fraction of sp³-hybridized carbons (Fsp3) is 0.480. The summed E-state index contributed by atoms with van der Waals surface area (Å²) in [6, 6.07) is 7.24. The monoisotopic (exact) mass is 526 g/mol. The predicted octanol–water partition coefficient (Wildman–Crippen LogP) is 3.55. The number of carbonyl (C=O) groups excluding carboxylic acids is 1. The second-order valence-electron chi connectivity index (χ2n) is 9.29. The van der Waals surface area contributed by atoms with E-state index in [-0.39, 0.29) is 22.7 Å². The number of likely N-dealkylation sites (tertiary alicyclic amines) is 1. The van der Waals surface area contributed by atoms with Gasteiger partial charge in [-0.2, -0.15) is 5.26 Å². The molecule has 0 atom stereocenters. The summed E-state index contributed by atoms with van der Waals surface area (Å²) in [6.45, 7) is 3.63. The molecule has 36 heavy (non-hydrogen) atoms. The van der Waals surface area contributed by atoms with E-state index in [2.05, 4.69) is 14.9 Å². The predicted molar refractivity (Wildman–Crippen MR) is 139 cm³/mol. The largest absolute Gasteiger partial charge is 0.474 e. The molecule has 0 unspecified atom stereocenters. The van der Waals surface area contributed by atoms with Crippen molar-refractivity contribution < 1.29 is 14.3 Å². The Morgan fingerprint density at radius 1 is 1.22 bits per heavy atom. The molecule has 0 N–H and O–H groups in total. The van der Waals surface area contributed by atoms with Gasteiger partial charge in [-0.25, -0.2) is 9.97 Å². The molecule has 2 aromatic rings. The highest BCUT2D eigenvalue weighted by Gasteiger charge is 2.59. The Morgan fingerprint density at radius 3 is 2.56 bits per heavy atom. The van der Waals surface area contributed by atoms with Crippen LogP contribution in [0.25, 0.3) is 0 Å². The summed E-state index contributed by atoms with van der Waals surface area (Å²) in [6.07, 6.45) is 7.51. The molecule has 2 aromatic heterocycles. The molecule has 2 saturated heterocycles. The summed E-state index contributed by atoms with van der Waals surface area (Å²) in [5.74, 6) is 0.454. The van der Waals surface area contributed by atoms with Gasteiger partial charge in [0.05, 0.1) is 35.4 Å². The van der Waals surface area contributed by atoms with E-state index in [1.807, 2.05) is 23.1 Å². The molecule has 0 radical (unpaired) electrons. The number of thiocarbonyl (C=S) groups is 1. The Morgan fingerprint density at radius 2 is 1.97 bits per heavy atom. The molecule has 0 bridgehead atoms. The molecule has 9 nitrogen and oxygen atoms in total. The zero-order valence-corrected chi connectivity index (χ0v) is 21.6. The quantitative estimate of drug-likeness (QED) is 0.502. The van der Waals surface area contributed by atoms with Crippen molar-refractivity contribution in [1.29, 1.82) is 5.26 Å². The molecule has 5 rings (SSSR count). The third-order valence-corrected chi connectivity index (χ3v) is 7.85. The maximum atomic E-state index is 13.6. The van der Waals surface area contributed by atoms with Crippen molar-refractivity contribution in [2.45, 2.75) is 43.7 Å². The van der Waals surface area contributed by atoms with E-state index in [1.54, 1.807) is 19.4 Å². The van der Waals surface area contributed by atoms with Crippen LogP contribution in [0.4, 0.5) is 11.4 Å². The minimum Gasteiger partial charge on any atom is -0.474 e. The summed E-state index contributed by atoms with van der Waals surface area (Å²) in [5, 5.41) is 9.66. The number of nitriles is 1. The van der Waals surface area contributed by atoms with Gasteiger partial charge in [0, 0.05) is 32.8 Å². The molecule has 3 aliphatic rings. The lowest BCUT2D eigenvalue weighted by Crippen LogP contribution is -2.55. The van der Waals surface area contributed by atoms with Gasteiger partial charge in [-0.1, -0.05) is 11.6 Å². The summed E-state index contributed by atoms with van der Waals surface area (Å²) in [4.78, 5) is 28.0. The number of aromatic nitrogens is 2. The zero-order chi connectivity index (χ0) is 25.3. The van der Waals surface area contributed by atoms with E-state index in [0.29, 0.717) is 29.5 Å². The standard InChI is InChI=1S/C25H27ClN6O3S/c1-34-12-11-30-9-5-19(6-10-30)35-22-4-3-17(15-29-22)32-24(36)31(23(33)25(32)7-2-8-25)18-13-20(26)21(14-27)28-16-18/h3-4,13,15-16,19H,2,5-12H2,1H3. The molecule has 4 heterocycles. The van der Waals surface area contributed by atoms with Crippen molar-refractivity contribution in [2.24, 2.45) is 0 Å². The lowest BCUT2D eigenvalue weighted by molar-refractivity contribution is -0.123. The number of piperidine rings is 1. The fourth-order valence-electron chi connectivity index (χ4n) is 5.06. The van der Waals surface area contributed by atoms with Crippen molar-refractivity contribution in [3.05, 3.63) is 41.3 Å². The molecular weight excluding hydrogens is 500 g/mol. The van der Waals surface area contributed by atoms with Crippen molar-refractivity contribution in [3.8, 4) is 11.9 Å². The highest BCUT2D eigenvalue weighted by Crippen LogP contribution is 2.47. The van der Waals surface area contributed by atoms with E-state index in [4.69, 9.17) is 38.6 Å². The van der Waals surface area contributed by atoms with Crippen molar-refractivity contribution in [1.82, 2.24) is 14.9 Å². The summed E-state index contributed by atoms with van der Waals surface area (Å²) >= 11 is 12.0. The molecule has 1 amide bonds. The SMILES string of the molecule is COCCN1CCC(Oc2ccc(N3C(=S)N(c4cnc(C#N)c(Cl)c4)C(=O)C34CCC4)cn2)CC1. The molecule has 3 fully saturated rings. The van der Waals surface area contributed by atoms with Crippen LogP contribution in [0, 0.1) is 11.3 Å². The molecule has 1 spiro atoms. The smallest absolute Gasteiger partial charge is 0.259 e. The number of methoxy groups -OCH3 is 1. The number of anilines is 2. The Hall–Kier alpha value is -2.84. The molecule has 188 valence electrons. The highest BCUT2D eigenvalue weighted by molar-refractivity contribution is 7.81. The maximum Gasteiger partial charge on any atom is 0.259 e. The number of rotatable bonds is 7. The second-order valence-corrected chi connectivity index (χ2v) is 10.1. The fourth-order valence-corrected chi connectivity index (χ4v) is 5.73. The van der Waals surface area contributed by atoms with E-state index >= 15 is 0 Å². The number of halogens is 1. The lowest BCUT2D eigenvalue weighted by atomic mass is 9.75. The number of hydrogen-bond acceptors (Lipinski definition) is 8. The Labute approximate surface area is 220 Å². The average molecular weight is 527 g/mol. The number of ether oxygens (including phenoxy) is 2. The first kappa shape index (κ1) is 24.8. The third-order valence-electron chi connectivity index (χ3n) is 7.20. The van der Waals surface area contributed by atoms with Crippen LogP contribution in [0.2, 0.25) is 5.02 Å². The molecule has 0 aromatic carbocycles. The molecular formula is C25H27ClN6O3S. The Bertz CT molecular complexity index is 1190. The van der Waals surface area contributed by atoms with E-state index in [9.17, 15) is 4.79 Å². The van der Waals surface area contributed by atoms with Crippen molar-refractivity contribution in [3.63, 3.8) is 0 Å². The third kappa shape index (κ3) is 4.41. The molecule has 1 saturated carbocycles. The van der Waals surface area contributed by atoms with Crippen molar-refractivity contribution in [2.75, 3.05) is 43.2 Å². The average Bonchev–Trinajstić information content (AvgIpc) is 3.10. The van der Waals surface area contributed by atoms with Crippen LogP contribution < -0.4 is 14.5 Å². The second kappa shape index (κ2) is 10.3. The van der Waals surface area contributed by atoms with Gasteiger partial charge in [0.1, 0.15) is 17.7 Å². The minimum absolute atomic E-state index is 0.105. The maximum absolute atomic E-state index is 13.6. The first-order valence-corrected chi connectivity index (χ1v) is 12.8. The highest BCUT2D eigenvalue weighted by atomic mass is 35.5. The number of carbonyl (C=O) groups is 1. The first-order chi connectivity index (χ1) is 17.5. The number of nitrogens with zero attached hydrogens (tertiary/aromatic N) is 6. The molecule has 1 aliphatic carbocycles. The Kier molecular flexibility index (Phi) is 7.08. The molecule has 2 aliphatic heterocycles. The number of pyridine rings is 2. The van der Waals surface area contributed by atoms with Crippen LogP contribution in [0.1, 0.15) is 37.8 Å². The zero-order valence-electron chi connectivity index (χ0n) is 20.0. The van der Waals surface area contributed by atoms with Crippen LogP contribution in [0.3, 0.4) is 0 Å². The van der Waals surface area contributed by atoms with Gasteiger partial charge in [-0.3, -0.25) is 9.69 Å². The van der Waals surface area contributed by atoms with E-state index < -0.39 is 5.54 Å². The number of amides is 1. The number of hydrogen-bond donors (Lipinski definition) is 0. The van der Waals surface area contributed by atoms with Gasteiger partial charge < -0.3 is 19.3 Å². The van der Waals surface area contributed by atoms with E-state index in [0.717, 1.165) is 51.2 Å². The topological polar surface area (TPSA) is 94.8 Å². The van der Waals surface area contributed by atoms with Crippen LogP contribution in [0.5, 0.6) is 5.88 Å². The van der Waals surface area contributed by atoms with Gasteiger partial charge >= 0.3 is 0 Å². The first-order valence-electron chi connectivity index (χ1n) is 12.1. The minimum atomic E-state index is -0.740.